The van der Waals surface area contributed by atoms with Gasteiger partial charge in [-0.2, -0.15) is 0 Å². The lowest BCUT2D eigenvalue weighted by Crippen LogP contribution is -2.28. The van der Waals surface area contributed by atoms with Crippen LogP contribution in [0.2, 0.25) is 0 Å². The molecule has 0 amide bonds. The number of unbranched alkanes of at least 4 members (excludes halogenated alkanes) is 12. The van der Waals surface area contributed by atoms with Gasteiger partial charge in [0.2, 0.25) is 0 Å². The highest BCUT2D eigenvalue weighted by Crippen LogP contribution is 2.31. The standard InChI is InChI=1S/C42H77NO6/c1-8-10-12-20-26-32-47-39(44)30-24-18-14-16-22-28-38(49-41(46)35-42(4,5)34-37(3)36-43(6)7)29-23-17-15-19-25-31-40(45)48-33-27-21-13-11-9-2/h20-21,26-27,37-38H,8-19,22-25,28-36H2,1-7H3/b26-20-,27-21-. The molecule has 1 atom stereocenters. The molecule has 0 saturated heterocycles. The zero-order valence-electron chi connectivity index (χ0n) is 33.0. The zero-order chi connectivity index (χ0) is 36.6. The number of hydrogen-bond donors (Lipinski definition) is 0. The lowest BCUT2D eigenvalue weighted by molar-refractivity contribution is -0.152. The van der Waals surface area contributed by atoms with Gasteiger partial charge in [0.1, 0.15) is 19.3 Å². The molecule has 0 fully saturated rings. The number of rotatable bonds is 33. The highest BCUT2D eigenvalue weighted by atomic mass is 16.5. The number of esters is 3. The molecule has 0 aliphatic carbocycles. The lowest BCUT2D eigenvalue weighted by Gasteiger charge is -2.29. The van der Waals surface area contributed by atoms with E-state index >= 15 is 0 Å². The molecule has 0 heterocycles. The van der Waals surface area contributed by atoms with Crippen LogP contribution >= 0.6 is 0 Å². The lowest BCUT2D eigenvalue weighted by atomic mass is 9.80. The molecule has 49 heavy (non-hydrogen) atoms. The van der Waals surface area contributed by atoms with Crippen molar-refractivity contribution in [2.45, 2.75) is 182 Å². The summed E-state index contributed by atoms with van der Waals surface area (Å²) in [4.78, 5) is 39.3. The van der Waals surface area contributed by atoms with Gasteiger partial charge in [0.05, 0.1) is 6.42 Å². The largest absolute Gasteiger partial charge is 0.462 e. The maximum absolute atomic E-state index is 13.1. The van der Waals surface area contributed by atoms with E-state index in [1.807, 2.05) is 12.2 Å². The Kier molecular flexibility index (Phi) is 30.4. The number of hydrogen-bond acceptors (Lipinski definition) is 7. The van der Waals surface area contributed by atoms with Crippen LogP contribution in [0.1, 0.15) is 176 Å². The quantitative estimate of drug-likeness (QED) is 0.0293. The first-order valence-corrected chi connectivity index (χ1v) is 19.9. The van der Waals surface area contributed by atoms with Gasteiger partial charge in [0, 0.05) is 19.4 Å². The van der Waals surface area contributed by atoms with Crippen LogP contribution in [-0.2, 0) is 28.6 Å². The molecule has 0 aliphatic rings. The molecule has 0 radical (unpaired) electrons. The van der Waals surface area contributed by atoms with Gasteiger partial charge in [0.15, 0.2) is 0 Å². The Balaban J connectivity index is 4.52. The Labute approximate surface area is 302 Å². The summed E-state index contributed by atoms with van der Waals surface area (Å²) in [5.74, 6) is 0.204. The molecule has 0 bridgehead atoms. The van der Waals surface area contributed by atoms with Gasteiger partial charge >= 0.3 is 17.9 Å². The van der Waals surface area contributed by atoms with E-state index in [9.17, 15) is 14.4 Å². The molecular weight excluding hydrogens is 614 g/mol. The molecule has 0 aromatic rings. The summed E-state index contributed by atoms with van der Waals surface area (Å²) in [6.07, 6.45) is 29.0. The molecule has 0 rings (SSSR count). The van der Waals surface area contributed by atoms with Crippen LogP contribution in [0, 0.1) is 11.3 Å². The first kappa shape index (κ1) is 46.9. The van der Waals surface area contributed by atoms with Crippen LogP contribution in [0.15, 0.2) is 24.3 Å². The Bertz CT molecular complexity index is 832. The molecule has 0 N–H and O–H groups in total. The summed E-state index contributed by atoms with van der Waals surface area (Å²) in [5.41, 5.74) is -0.101. The summed E-state index contributed by atoms with van der Waals surface area (Å²) >= 11 is 0. The first-order chi connectivity index (χ1) is 23.5. The summed E-state index contributed by atoms with van der Waals surface area (Å²) < 4.78 is 16.7. The van der Waals surface area contributed by atoms with Crippen LogP contribution in [0.4, 0.5) is 0 Å². The van der Waals surface area contributed by atoms with Crippen molar-refractivity contribution in [2.24, 2.45) is 11.3 Å². The molecule has 1 unspecified atom stereocenters. The monoisotopic (exact) mass is 692 g/mol. The van der Waals surface area contributed by atoms with Crippen LogP contribution in [0.25, 0.3) is 0 Å². The van der Waals surface area contributed by atoms with Crippen LogP contribution in [-0.4, -0.2) is 62.8 Å². The smallest absolute Gasteiger partial charge is 0.306 e. The Morgan fingerprint density at radius 1 is 0.633 bits per heavy atom. The number of allylic oxidation sites excluding steroid dienone is 2. The van der Waals surface area contributed by atoms with E-state index in [1.54, 1.807) is 0 Å². The number of carbonyl (C=O) groups is 3. The number of carbonyl (C=O) groups excluding carboxylic acids is 3. The fourth-order valence-corrected chi connectivity index (χ4v) is 6.37. The van der Waals surface area contributed by atoms with Crippen molar-refractivity contribution in [3.8, 4) is 0 Å². The molecule has 0 spiro atoms. The van der Waals surface area contributed by atoms with Gasteiger partial charge in [-0.05, 0) is 83.2 Å². The SMILES string of the molecule is CCCC/C=C\COC(=O)CCCCCCCC(CCCCCCCC(=O)OC/C=C\CCCC)OC(=O)CC(C)(C)CC(C)CN(C)C. The zero-order valence-corrected chi connectivity index (χ0v) is 33.0. The second-order valence-electron chi connectivity index (χ2n) is 15.2. The third-order valence-corrected chi connectivity index (χ3v) is 8.78. The van der Waals surface area contributed by atoms with Crippen molar-refractivity contribution < 1.29 is 28.6 Å². The summed E-state index contributed by atoms with van der Waals surface area (Å²) in [6, 6.07) is 0. The molecule has 0 aromatic heterocycles. The Morgan fingerprint density at radius 3 is 1.53 bits per heavy atom. The molecule has 0 aliphatic heterocycles. The third-order valence-electron chi connectivity index (χ3n) is 8.78. The molecule has 286 valence electrons. The number of ether oxygens (including phenoxy) is 3. The fraction of sp³-hybridized carbons (Fsp3) is 0.833. The summed E-state index contributed by atoms with van der Waals surface area (Å²) in [7, 11) is 4.18. The summed E-state index contributed by atoms with van der Waals surface area (Å²) in [6.45, 7) is 12.7. The van der Waals surface area contributed by atoms with Gasteiger partial charge < -0.3 is 19.1 Å². The van der Waals surface area contributed by atoms with E-state index in [4.69, 9.17) is 14.2 Å². The average molecular weight is 692 g/mol. The third kappa shape index (κ3) is 32.8. The van der Waals surface area contributed by atoms with E-state index in [2.05, 4.69) is 65.8 Å². The van der Waals surface area contributed by atoms with Crippen LogP contribution in [0.3, 0.4) is 0 Å². The Hall–Kier alpha value is -2.15. The minimum absolute atomic E-state index is 0.0526. The van der Waals surface area contributed by atoms with Crippen molar-refractivity contribution in [3.05, 3.63) is 24.3 Å². The minimum Gasteiger partial charge on any atom is -0.462 e. The maximum Gasteiger partial charge on any atom is 0.306 e. The molecule has 7 nitrogen and oxygen atoms in total. The van der Waals surface area contributed by atoms with Gasteiger partial charge in [-0.25, -0.2) is 0 Å². The van der Waals surface area contributed by atoms with Gasteiger partial charge in [-0.1, -0.05) is 123 Å². The normalized spacial score (nSPS) is 12.8. The molecule has 7 heteroatoms. The van der Waals surface area contributed by atoms with E-state index in [0.717, 1.165) is 103 Å². The van der Waals surface area contributed by atoms with Crippen molar-refractivity contribution in [2.75, 3.05) is 33.9 Å². The van der Waals surface area contributed by atoms with Crippen molar-refractivity contribution >= 4 is 17.9 Å². The van der Waals surface area contributed by atoms with E-state index in [1.165, 1.54) is 25.7 Å². The van der Waals surface area contributed by atoms with E-state index in [0.29, 0.717) is 38.4 Å². The average Bonchev–Trinajstić information content (AvgIpc) is 3.02. The van der Waals surface area contributed by atoms with Gasteiger partial charge in [-0.3, -0.25) is 14.4 Å². The van der Waals surface area contributed by atoms with Crippen molar-refractivity contribution in [3.63, 3.8) is 0 Å². The number of nitrogens with zero attached hydrogens (tertiary/aromatic N) is 1. The summed E-state index contributed by atoms with van der Waals surface area (Å²) in [5, 5.41) is 0. The van der Waals surface area contributed by atoms with E-state index in [-0.39, 0.29) is 29.4 Å². The minimum atomic E-state index is -0.114. The first-order valence-electron chi connectivity index (χ1n) is 19.9. The second kappa shape index (κ2) is 31.8. The van der Waals surface area contributed by atoms with Crippen molar-refractivity contribution in [1.82, 2.24) is 4.90 Å². The van der Waals surface area contributed by atoms with E-state index < -0.39 is 0 Å². The highest BCUT2D eigenvalue weighted by molar-refractivity contribution is 5.70. The second-order valence-corrected chi connectivity index (χ2v) is 15.2. The molecular formula is C42H77NO6. The topological polar surface area (TPSA) is 82.1 Å². The molecule has 0 saturated carbocycles. The highest BCUT2D eigenvalue weighted by Gasteiger charge is 2.27. The van der Waals surface area contributed by atoms with Gasteiger partial charge in [-0.15, -0.1) is 0 Å². The Morgan fingerprint density at radius 2 is 1.08 bits per heavy atom. The predicted molar refractivity (Wildman–Crippen MR) is 204 cm³/mol. The maximum atomic E-state index is 13.1. The van der Waals surface area contributed by atoms with Crippen LogP contribution < -0.4 is 0 Å². The molecule has 0 aromatic carbocycles. The predicted octanol–water partition coefficient (Wildman–Crippen LogP) is 10.9. The fourth-order valence-electron chi connectivity index (χ4n) is 6.37. The van der Waals surface area contributed by atoms with Gasteiger partial charge in [0.25, 0.3) is 0 Å². The van der Waals surface area contributed by atoms with Crippen molar-refractivity contribution in [1.29, 1.82) is 0 Å². The van der Waals surface area contributed by atoms with Crippen LogP contribution in [0.5, 0.6) is 0 Å².